The maximum absolute atomic E-state index is 12.1. The van der Waals surface area contributed by atoms with Gasteiger partial charge in [-0.3, -0.25) is 9.78 Å². The second-order valence-corrected chi connectivity index (χ2v) is 6.96. The van der Waals surface area contributed by atoms with E-state index in [9.17, 15) is 9.70 Å². The van der Waals surface area contributed by atoms with Gasteiger partial charge in [0.1, 0.15) is 11.5 Å². The first kappa shape index (κ1) is 20.3. The second kappa shape index (κ2) is 9.68. The van der Waals surface area contributed by atoms with E-state index in [-0.39, 0.29) is 5.91 Å². The van der Waals surface area contributed by atoms with Crippen LogP contribution in [0.3, 0.4) is 0 Å². The highest BCUT2D eigenvalue weighted by Crippen LogP contribution is 2.30. The van der Waals surface area contributed by atoms with Crippen LogP contribution >= 0.6 is 0 Å². The molecule has 1 aromatic carbocycles. The topological polar surface area (TPSA) is 84.3 Å². The number of hydrogen-bond acceptors (Lipinski definition) is 5. The quantitative estimate of drug-likeness (QED) is 0.377. The predicted molar refractivity (Wildman–Crippen MR) is 116 cm³/mol. The van der Waals surface area contributed by atoms with Crippen LogP contribution in [0.15, 0.2) is 60.0 Å². The molecule has 0 radical (unpaired) electrons. The number of aromatic nitrogens is 2. The number of carbonyl (C=O) groups excluding carboxylic acids is 1. The molecule has 6 heteroatoms. The third kappa shape index (κ3) is 5.31. The van der Waals surface area contributed by atoms with Crippen LogP contribution in [0.2, 0.25) is 0 Å². The van der Waals surface area contributed by atoms with Crippen molar-refractivity contribution in [2.75, 3.05) is 5.32 Å². The smallest absolute Gasteiger partial charge is 0.225 e. The lowest BCUT2D eigenvalue weighted by Gasteiger charge is -2.10. The number of aryl methyl sites for hydroxylation is 1. The first-order chi connectivity index (χ1) is 14.1. The SMILES string of the molecule is CCCCCC(=O)Nc1cc(-c2cc(-c3cc(N=O)ccc3C)ccn2)ccn1. The molecule has 1 N–H and O–H groups in total. The molecule has 0 saturated carbocycles. The Labute approximate surface area is 170 Å². The summed E-state index contributed by atoms with van der Waals surface area (Å²) in [6.45, 7) is 4.10. The zero-order valence-corrected chi connectivity index (χ0v) is 16.7. The van der Waals surface area contributed by atoms with Crippen LogP contribution in [0, 0.1) is 11.8 Å². The summed E-state index contributed by atoms with van der Waals surface area (Å²) in [7, 11) is 0. The average Bonchev–Trinajstić information content (AvgIpc) is 2.74. The molecule has 148 valence electrons. The number of nitrogens with one attached hydrogen (secondary N) is 1. The summed E-state index contributed by atoms with van der Waals surface area (Å²) >= 11 is 0. The minimum absolute atomic E-state index is 0.0291. The Morgan fingerprint density at radius 1 is 1.00 bits per heavy atom. The number of unbranched alkanes of at least 4 members (excludes halogenated alkanes) is 2. The van der Waals surface area contributed by atoms with E-state index in [1.165, 1.54) is 0 Å². The summed E-state index contributed by atoms with van der Waals surface area (Å²) < 4.78 is 0. The van der Waals surface area contributed by atoms with E-state index < -0.39 is 0 Å². The van der Waals surface area contributed by atoms with Gasteiger partial charge in [0.15, 0.2) is 0 Å². The molecule has 2 heterocycles. The van der Waals surface area contributed by atoms with Crippen molar-refractivity contribution in [3.63, 3.8) is 0 Å². The molecule has 0 atom stereocenters. The van der Waals surface area contributed by atoms with Gasteiger partial charge in [0.05, 0.1) is 5.69 Å². The Hall–Kier alpha value is -3.41. The summed E-state index contributed by atoms with van der Waals surface area (Å²) in [4.78, 5) is 31.7. The van der Waals surface area contributed by atoms with E-state index in [0.29, 0.717) is 17.9 Å². The normalized spacial score (nSPS) is 10.6. The number of benzene rings is 1. The molecular weight excluding hydrogens is 364 g/mol. The molecule has 6 nitrogen and oxygen atoms in total. The van der Waals surface area contributed by atoms with Gasteiger partial charge in [-0.1, -0.05) is 25.8 Å². The summed E-state index contributed by atoms with van der Waals surface area (Å²) in [5.74, 6) is 0.484. The summed E-state index contributed by atoms with van der Waals surface area (Å²) in [6.07, 6.45) is 6.88. The summed E-state index contributed by atoms with van der Waals surface area (Å²) in [5.41, 5.74) is 4.93. The minimum Gasteiger partial charge on any atom is -0.311 e. The fourth-order valence-corrected chi connectivity index (χ4v) is 3.13. The van der Waals surface area contributed by atoms with Gasteiger partial charge < -0.3 is 5.32 Å². The number of carbonyl (C=O) groups is 1. The van der Waals surface area contributed by atoms with Gasteiger partial charge in [0.2, 0.25) is 5.91 Å². The van der Waals surface area contributed by atoms with E-state index in [4.69, 9.17) is 0 Å². The van der Waals surface area contributed by atoms with Crippen molar-refractivity contribution in [3.05, 3.63) is 65.3 Å². The maximum atomic E-state index is 12.1. The van der Waals surface area contributed by atoms with Gasteiger partial charge in [0, 0.05) is 24.4 Å². The molecule has 3 aromatic rings. The highest BCUT2D eigenvalue weighted by Gasteiger charge is 2.09. The third-order valence-electron chi connectivity index (χ3n) is 4.73. The molecule has 0 saturated heterocycles. The second-order valence-electron chi connectivity index (χ2n) is 6.96. The monoisotopic (exact) mass is 388 g/mol. The van der Waals surface area contributed by atoms with Crippen LogP contribution in [0.1, 0.15) is 38.2 Å². The van der Waals surface area contributed by atoms with Crippen LogP contribution in [-0.2, 0) is 4.79 Å². The number of nitroso groups, excluding NO2 is 1. The van der Waals surface area contributed by atoms with Gasteiger partial charge in [-0.2, -0.15) is 0 Å². The van der Waals surface area contributed by atoms with Crippen LogP contribution < -0.4 is 5.32 Å². The number of nitrogens with zero attached hydrogens (tertiary/aromatic N) is 3. The van der Waals surface area contributed by atoms with Crippen molar-refractivity contribution in [3.8, 4) is 22.4 Å². The number of hydrogen-bond donors (Lipinski definition) is 1. The lowest BCUT2D eigenvalue weighted by atomic mass is 9.99. The molecule has 0 aliphatic rings. The molecule has 0 spiro atoms. The van der Waals surface area contributed by atoms with Gasteiger partial charge in [-0.25, -0.2) is 4.98 Å². The zero-order valence-electron chi connectivity index (χ0n) is 16.7. The largest absolute Gasteiger partial charge is 0.311 e. The van der Waals surface area contributed by atoms with Crippen molar-refractivity contribution in [2.45, 2.75) is 39.5 Å². The Bertz CT molecular complexity index is 1020. The van der Waals surface area contributed by atoms with Crippen molar-refractivity contribution in [2.24, 2.45) is 5.18 Å². The van der Waals surface area contributed by atoms with Crippen molar-refractivity contribution in [1.29, 1.82) is 0 Å². The zero-order chi connectivity index (χ0) is 20.6. The molecule has 0 unspecified atom stereocenters. The molecule has 0 aliphatic heterocycles. The Morgan fingerprint density at radius 3 is 2.59 bits per heavy atom. The number of anilines is 1. The maximum Gasteiger partial charge on any atom is 0.225 e. The molecule has 0 bridgehead atoms. The van der Waals surface area contributed by atoms with Gasteiger partial charge >= 0.3 is 0 Å². The average molecular weight is 388 g/mol. The molecule has 0 fully saturated rings. The number of rotatable bonds is 8. The highest BCUT2D eigenvalue weighted by molar-refractivity contribution is 5.90. The third-order valence-corrected chi connectivity index (χ3v) is 4.73. The van der Waals surface area contributed by atoms with Crippen LogP contribution in [0.4, 0.5) is 11.5 Å². The first-order valence-corrected chi connectivity index (χ1v) is 9.77. The first-order valence-electron chi connectivity index (χ1n) is 9.77. The van der Waals surface area contributed by atoms with Crippen molar-refractivity contribution >= 4 is 17.4 Å². The molecule has 0 aliphatic carbocycles. The Balaban J connectivity index is 1.84. The van der Waals surface area contributed by atoms with E-state index in [1.807, 2.05) is 37.3 Å². The molecule has 2 aromatic heterocycles. The van der Waals surface area contributed by atoms with E-state index >= 15 is 0 Å². The van der Waals surface area contributed by atoms with Crippen LogP contribution in [0.5, 0.6) is 0 Å². The molecular formula is C23H24N4O2. The van der Waals surface area contributed by atoms with Crippen molar-refractivity contribution in [1.82, 2.24) is 9.97 Å². The standard InChI is InChI=1S/C23H24N4O2/c1-3-4-5-6-23(28)26-22-14-18(10-12-25-22)21-13-17(9-11-24-21)20-15-19(27-29)8-7-16(20)2/h7-15H,3-6H2,1-2H3,(H,25,26,28). The van der Waals surface area contributed by atoms with E-state index in [2.05, 4.69) is 27.4 Å². The predicted octanol–water partition coefficient (Wildman–Crippen LogP) is 6.04. The fourth-order valence-electron chi connectivity index (χ4n) is 3.13. The summed E-state index contributed by atoms with van der Waals surface area (Å²) in [5, 5.41) is 5.89. The van der Waals surface area contributed by atoms with Crippen molar-refractivity contribution < 1.29 is 4.79 Å². The highest BCUT2D eigenvalue weighted by atomic mass is 16.3. The molecule has 3 rings (SSSR count). The lowest BCUT2D eigenvalue weighted by molar-refractivity contribution is -0.116. The van der Waals surface area contributed by atoms with E-state index in [0.717, 1.165) is 47.2 Å². The number of pyridine rings is 2. The lowest BCUT2D eigenvalue weighted by Crippen LogP contribution is -2.12. The van der Waals surface area contributed by atoms with Crippen LogP contribution in [-0.4, -0.2) is 15.9 Å². The Morgan fingerprint density at radius 2 is 1.79 bits per heavy atom. The minimum atomic E-state index is -0.0291. The van der Waals surface area contributed by atoms with Crippen LogP contribution in [0.25, 0.3) is 22.4 Å². The fraction of sp³-hybridized carbons (Fsp3) is 0.261. The van der Waals surface area contributed by atoms with Gasteiger partial charge in [0.25, 0.3) is 0 Å². The van der Waals surface area contributed by atoms with Gasteiger partial charge in [-0.15, -0.1) is 4.91 Å². The summed E-state index contributed by atoms with van der Waals surface area (Å²) in [6, 6.07) is 12.9. The Kier molecular flexibility index (Phi) is 6.79. The van der Waals surface area contributed by atoms with Gasteiger partial charge in [-0.05, 0) is 71.6 Å². The molecule has 29 heavy (non-hydrogen) atoms. The van der Waals surface area contributed by atoms with E-state index in [1.54, 1.807) is 24.5 Å². The molecule has 1 amide bonds. The number of amides is 1.